The van der Waals surface area contributed by atoms with Gasteiger partial charge in [-0.2, -0.15) is 0 Å². The minimum Gasteiger partial charge on any atom is -0.493 e. The molecule has 2 aliphatic heterocycles. The number of fused-ring (bicyclic) bond motifs is 1. The molecular weight excluding hydrogens is 266 g/mol. The Morgan fingerprint density at radius 3 is 3.05 bits per heavy atom. The summed E-state index contributed by atoms with van der Waals surface area (Å²) in [5.74, 6) is 0.940. The Labute approximate surface area is 125 Å². The molecule has 0 aliphatic carbocycles. The molecule has 0 bridgehead atoms. The maximum absolute atomic E-state index is 12.1. The lowest BCUT2D eigenvalue weighted by Gasteiger charge is -2.27. The summed E-state index contributed by atoms with van der Waals surface area (Å²) in [5.41, 5.74) is 1.88. The zero-order chi connectivity index (χ0) is 14.5. The summed E-state index contributed by atoms with van der Waals surface area (Å²) in [6, 6.07) is 5.70. The highest BCUT2D eigenvalue weighted by Crippen LogP contribution is 2.25. The highest BCUT2D eigenvalue weighted by atomic mass is 16.5. The lowest BCUT2D eigenvalue weighted by atomic mass is 10.1. The predicted molar refractivity (Wildman–Crippen MR) is 81.9 cm³/mol. The summed E-state index contributed by atoms with van der Waals surface area (Å²) in [6.07, 6.45) is 1.90. The van der Waals surface area contributed by atoms with E-state index in [-0.39, 0.29) is 5.91 Å². The van der Waals surface area contributed by atoms with E-state index in [0.717, 1.165) is 75.6 Å². The zero-order valence-corrected chi connectivity index (χ0v) is 12.4. The Bertz CT molecular complexity index is 498. The van der Waals surface area contributed by atoms with E-state index in [9.17, 15) is 4.79 Å². The molecule has 0 radical (unpaired) electrons. The van der Waals surface area contributed by atoms with Gasteiger partial charge in [-0.05, 0) is 36.7 Å². The molecule has 3 rings (SSSR count). The van der Waals surface area contributed by atoms with Crippen LogP contribution in [0.5, 0.6) is 5.75 Å². The minimum absolute atomic E-state index is 0.0185. The molecule has 1 fully saturated rings. The first-order valence-corrected chi connectivity index (χ1v) is 7.80. The van der Waals surface area contributed by atoms with E-state index in [1.54, 1.807) is 0 Å². The van der Waals surface area contributed by atoms with Gasteiger partial charge in [0, 0.05) is 44.7 Å². The van der Waals surface area contributed by atoms with Crippen molar-refractivity contribution in [1.82, 2.24) is 15.5 Å². The molecule has 2 aliphatic rings. The zero-order valence-electron chi connectivity index (χ0n) is 12.4. The van der Waals surface area contributed by atoms with Gasteiger partial charge in [0.15, 0.2) is 0 Å². The molecule has 114 valence electrons. The van der Waals surface area contributed by atoms with E-state index in [4.69, 9.17) is 4.74 Å². The second kappa shape index (κ2) is 6.91. The molecule has 1 saturated heterocycles. The van der Waals surface area contributed by atoms with Crippen LogP contribution in [0, 0.1) is 0 Å². The van der Waals surface area contributed by atoms with Gasteiger partial charge in [-0.25, -0.2) is 0 Å². The number of ether oxygens (including phenoxy) is 1. The first-order chi connectivity index (χ1) is 10.3. The second-order valence-electron chi connectivity index (χ2n) is 5.62. The van der Waals surface area contributed by atoms with Crippen LogP contribution in [0.4, 0.5) is 0 Å². The van der Waals surface area contributed by atoms with Crippen LogP contribution in [0.25, 0.3) is 0 Å². The van der Waals surface area contributed by atoms with Crippen molar-refractivity contribution in [2.24, 2.45) is 0 Å². The Kier molecular flexibility index (Phi) is 4.72. The Morgan fingerprint density at radius 2 is 2.19 bits per heavy atom. The molecular formula is C16H23N3O2. The van der Waals surface area contributed by atoms with Gasteiger partial charge in [-0.1, -0.05) is 0 Å². The molecule has 5 nitrogen and oxygen atoms in total. The van der Waals surface area contributed by atoms with E-state index in [1.807, 2.05) is 18.2 Å². The number of hydrogen-bond acceptors (Lipinski definition) is 4. The lowest BCUT2D eigenvalue weighted by Crippen LogP contribution is -2.44. The highest BCUT2D eigenvalue weighted by Gasteiger charge is 2.15. The molecule has 1 aromatic carbocycles. The maximum Gasteiger partial charge on any atom is 0.251 e. The van der Waals surface area contributed by atoms with Crippen molar-refractivity contribution >= 4 is 5.91 Å². The summed E-state index contributed by atoms with van der Waals surface area (Å²) in [4.78, 5) is 14.6. The summed E-state index contributed by atoms with van der Waals surface area (Å²) in [5, 5.41) is 6.35. The molecule has 0 spiro atoms. The first-order valence-electron chi connectivity index (χ1n) is 7.80. The Morgan fingerprint density at radius 1 is 1.33 bits per heavy atom. The van der Waals surface area contributed by atoms with Gasteiger partial charge >= 0.3 is 0 Å². The number of piperazine rings is 1. The van der Waals surface area contributed by atoms with Crippen LogP contribution >= 0.6 is 0 Å². The molecule has 2 heterocycles. The normalized spacial score (nSPS) is 18.1. The third-order valence-corrected chi connectivity index (χ3v) is 4.10. The third kappa shape index (κ3) is 3.74. The van der Waals surface area contributed by atoms with Crippen LogP contribution in [-0.2, 0) is 6.42 Å². The number of carbonyl (C=O) groups excluding carboxylic acids is 1. The van der Waals surface area contributed by atoms with Crippen LogP contribution in [0.3, 0.4) is 0 Å². The standard InChI is InChI=1S/C16H23N3O2/c20-16(14-2-3-15-13(12-14)4-11-21-15)18-5-1-8-19-9-6-17-7-10-19/h2-3,12,17H,1,4-11H2,(H,18,20). The van der Waals surface area contributed by atoms with Crippen LogP contribution in [-0.4, -0.2) is 56.7 Å². The van der Waals surface area contributed by atoms with E-state index >= 15 is 0 Å². The molecule has 0 aromatic heterocycles. The van der Waals surface area contributed by atoms with Crippen molar-refractivity contribution in [3.63, 3.8) is 0 Å². The fourth-order valence-corrected chi connectivity index (χ4v) is 2.87. The lowest BCUT2D eigenvalue weighted by molar-refractivity contribution is 0.0951. The van der Waals surface area contributed by atoms with Crippen molar-refractivity contribution in [2.75, 3.05) is 45.9 Å². The SMILES string of the molecule is O=C(NCCCN1CCNCC1)c1ccc2c(c1)CCO2. The number of hydrogen-bond donors (Lipinski definition) is 2. The molecule has 2 N–H and O–H groups in total. The summed E-state index contributed by atoms with van der Waals surface area (Å²) in [7, 11) is 0. The first kappa shape index (κ1) is 14.4. The van der Waals surface area contributed by atoms with Gasteiger partial charge in [0.1, 0.15) is 5.75 Å². The quantitative estimate of drug-likeness (QED) is 0.782. The smallest absolute Gasteiger partial charge is 0.251 e. The monoisotopic (exact) mass is 289 g/mol. The molecule has 0 saturated carbocycles. The summed E-state index contributed by atoms with van der Waals surface area (Å²) < 4.78 is 5.46. The number of rotatable bonds is 5. The average Bonchev–Trinajstić information content (AvgIpc) is 3.00. The van der Waals surface area contributed by atoms with Gasteiger partial charge in [0.05, 0.1) is 6.61 Å². The molecule has 1 aromatic rings. The van der Waals surface area contributed by atoms with Crippen molar-refractivity contribution < 1.29 is 9.53 Å². The van der Waals surface area contributed by atoms with Gasteiger partial charge in [-0.3, -0.25) is 4.79 Å². The van der Waals surface area contributed by atoms with Gasteiger partial charge in [0.25, 0.3) is 5.91 Å². The number of nitrogens with zero attached hydrogens (tertiary/aromatic N) is 1. The number of benzene rings is 1. The van der Waals surface area contributed by atoms with Gasteiger partial charge in [-0.15, -0.1) is 0 Å². The predicted octanol–water partition coefficient (Wildman–Crippen LogP) is 0.647. The van der Waals surface area contributed by atoms with E-state index in [0.29, 0.717) is 0 Å². The molecule has 1 amide bonds. The van der Waals surface area contributed by atoms with Gasteiger partial charge in [0.2, 0.25) is 0 Å². The molecule has 0 atom stereocenters. The average molecular weight is 289 g/mol. The van der Waals surface area contributed by atoms with Crippen molar-refractivity contribution in [3.8, 4) is 5.75 Å². The van der Waals surface area contributed by atoms with Crippen molar-refractivity contribution in [1.29, 1.82) is 0 Å². The number of nitrogens with one attached hydrogen (secondary N) is 2. The number of amides is 1. The summed E-state index contributed by atoms with van der Waals surface area (Å²) >= 11 is 0. The molecule has 5 heteroatoms. The fraction of sp³-hybridized carbons (Fsp3) is 0.562. The Hall–Kier alpha value is -1.59. The second-order valence-corrected chi connectivity index (χ2v) is 5.62. The van der Waals surface area contributed by atoms with Crippen LogP contribution in [0.2, 0.25) is 0 Å². The third-order valence-electron chi connectivity index (χ3n) is 4.10. The van der Waals surface area contributed by atoms with Crippen molar-refractivity contribution in [3.05, 3.63) is 29.3 Å². The van der Waals surface area contributed by atoms with E-state index in [1.165, 1.54) is 0 Å². The summed E-state index contributed by atoms with van der Waals surface area (Å²) in [6.45, 7) is 6.88. The van der Waals surface area contributed by atoms with Crippen molar-refractivity contribution in [2.45, 2.75) is 12.8 Å². The van der Waals surface area contributed by atoms with E-state index in [2.05, 4.69) is 15.5 Å². The van der Waals surface area contributed by atoms with Crippen LogP contribution < -0.4 is 15.4 Å². The van der Waals surface area contributed by atoms with Gasteiger partial charge < -0.3 is 20.3 Å². The maximum atomic E-state index is 12.1. The largest absolute Gasteiger partial charge is 0.493 e. The molecule has 21 heavy (non-hydrogen) atoms. The topological polar surface area (TPSA) is 53.6 Å². The number of carbonyl (C=O) groups is 1. The van der Waals surface area contributed by atoms with Crippen LogP contribution in [0.15, 0.2) is 18.2 Å². The van der Waals surface area contributed by atoms with Crippen LogP contribution in [0.1, 0.15) is 22.3 Å². The Balaban J connectivity index is 1.41. The molecule has 0 unspecified atom stereocenters. The highest BCUT2D eigenvalue weighted by molar-refractivity contribution is 5.94. The fourth-order valence-electron chi connectivity index (χ4n) is 2.87. The van der Waals surface area contributed by atoms with E-state index < -0.39 is 0 Å². The minimum atomic E-state index is 0.0185.